The minimum absolute atomic E-state index is 0.173. The van der Waals surface area contributed by atoms with Crippen molar-refractivity contribution >= 4 is 10.0 Å². The predicted molar refractivity (Wildman–Crippen MR) is 84.5 cm³/mol. The van der Waals surface area contributed by atoms with Crippen molar-refractivity contribution in [3.05, 3.63) is 29.8 Å². The van der Waals surface area contributed by atoms with Crippen molar-refractivity contribution in [1.82, 2.24) is 9.62 Å². The zero-order valence-corrected chi connectivity index (χ0v) is 13.6. The maximum absolute atomic E-state index is 12.3. The van der Waals surface area contributed by atoms with Crippen LogP contribution in [0.15, 0.2) is 29.2 Å². The van der Waals surface area contributed by atoms with Crippen molar-refractivity contribution in [3.8, 4) is 0 Å². The van der Waals surface area contributed by atoms with E-state index in [-0.39, 0.29) is 6.04 Å². The highest BCUT2D eigenvalue weighted by Gasteiger charge is 2.23. The fraction of sp³-hybridized carbons (Fsp3) is 0.600. The van der Waals surface area contributed by atoms with Crippen molar-refractivity contribution in [2.24, 2.45) is 11.7 Å². The summed E-state index contributed by atoms with van der Waals surface area (Å²) in [5.41, 5.74) is 6.64. The lowest BCUT2D eigenvalue weighted by molar-refractivity contribution is 0.342. The number of hydrogen-bond donors (Lipinski definition) is 2. The van der Waals surface area contributed by atoms with Gasteiger partial charge < -0.3 is 10.6 Å². The van der Waals surface area contributed by atoms with Crippen molar-refractivity contribution in [1.29, 1.82) is 0 Å². The summed E-state index contributed by atoms with van der Waals surface area (Å²) in [6.07, 6.45) is 1.05. The van der Waals surface area contributed by atoms with E-state index in [1.807, 2.05) is 13.0 Å². The van der Waals surface area contributed by atoms with E-state index in [0.717, 1.165) is 31.6 Å². The molecule has 0 spiro atoms. The summed E-state index contributed by atoms with van der Waals surface area (Å²) in [7, 11) is -3.45. The standard InChI is InChI=1S/C15H25N3O2S/c1-3-18-8-7-13(11-18)10-17-21(19,20)15-6-4-5-14(9-15)12(2)16/h4-6,9,12-13,17H,3,7-8,10-11,16H2,1-2H3. The summed E-state index contributed by atoms with van der Waals surface area (Å²) in [5.74, 6) is 0.399. The van der Waals surface area contributed by atoms with Crippen LogP contribution in [0.1, 0.15) is 31.9 Å². The lowest BCUT2D eigenvalue weighted by Gasteiger charge is -2.14. The lowest BCUT2D eigenvalue weighted by atomic mass is 10.1. The van der Waals surface area contributed by atoms with Gasteiger partial charge in [0.2, 0.25) is 10.0 Å². The van der Waals surface area contributed by atoms with Gasteiger partial charge >= 0.3 is 0 Å². The number of hydrogen-bond acceptors (Lipinski definition) is 4. The Hall–Kier alpha value is -0.950. The van der Waals surface area contributed by atoms with E-state index in [1.165, 1.54) is 0 Å². The molecule has 6 heteroatoms. The second-order valence-corrected chi connectivity index (χ2v) is 7.53. The number of rotatable bonds is 6. The first-order chi connectivity index (χ1) is 9.92. The van der Waals surface area contributed by atoms with E-state index < -0.39 is 10.0 Å². The molecule has 1 fully saturated rings. The van der Waals surface area contributed by atoms with E-state index in [4.69, 9.17) is 5.73 Å². The third-order valence-corrected chi connectivity index (χ3v) is 5.49. The van der Waals surface area contributed by atoms with Crippen LogP contribution in [0.3, 0.4) is 0 Å². The first kappa shape index (κ1) is 16.4. The van der Waals surface area contributed by atoms with Crippen molar-refractivity contribution in [2.45, 2.75) is 31.2 Å². The zero-order chi connectivity index (χ0) is 15.5. The van der Waals surface area contributed by atoms with Gasteiger partial charge in [-0.1, -0.05) is 19.1 Å². The SMILES string of the molecule is CCN1CCC(CNS(=O)(=O)c2cccc(C(C)N)c2)C1. The Kier molecular flexibility index (Phi) is 5.37. The Balaban J connectivity index is 2.00. The molecular formula is C15H25N3O2S. The van der Waals surface area contributed by atoms with E-state index in [1.54, 1.807) is 18.2 Å². The van der Waals surface area contributed by atoms with Crippen LogP contribution in [0.25, 0.3) is 0 Å². The Labute approximate surface area is 127 Å². The van der Waals surface area contributed by atoms with Crippen molar-refractivity contribution in [3.63, 3.8) is 0 Å². The quantitative estimate of drug-likeness (QED) is 0.831. The van der Waals surface area contributed by atoms with Crippen LogP contribution in [0.2, 0.25) is 0 Å². The Morgan fingerprint density at radius 1 is 1.48 bits per heavy atom. The maximum Gasteiger partial charge on any atom is 0.240 e. The molecule has 0 aliphatic carbocycles. The molecule has 1 heterocycles. The number of nitrogens with zero attached hydrogens (tertiary/aromatic N) is 1. The summed E-state index contributed by atoms with van der Waals surface area (Å²) in [4.78, 5) is 2.64. The van der Waals surface area contributed by atoms with Gasteiger partial charge in [0.15, 0.2) is 0 Å². The van der Waals surface area contributed by atoms with Gasteiger partial charge in [-0.05, 0) is 50.0 Å². The predicted octanol–water partition coefficient (Wildman–Crippen LogP) is 1.33. The van der Waals surface area contributed by atoms with E-state index in [9.17, 15) is 8.42 Å². The molecule has 1 aromatic carbocycles. The van der Waals surface area contributed by atoms with Crippen molar-refractivity contribution in [2.75, 3.05) is 26.2 Å². The molecule has 2 unspecified atom stereocenters. The molecule has 5 nitrogen and oxygen atoms in total. The molecular weight excluding hydrogens is 286 g/mol. The molecule has 0 radical (unpaired) electrons. The zero-order valence-electron chi connectivity index (χ0n) is 12.7. The van der Waals surface area contributed by atoms with Crippen LogP contribution in [0.5, 0.6) is 0 Å². The second kappa shape index (κ2) is 6.87. The topological polar surface area (TPSA) is 75.4 Å². The number of likely N-dealkylation sites (tertiary alicyclic amines) is 1. The van der Waals surface area contributed by atoms with Gasteiger partial charge in [-0.2, -0.15) is 0 Å². The lowest BCUT2D eigenvalue weighted by Crippen LogP contribution is -2.31. The molecule has 0 aromatic heterocycles. The fourth-order valence-electron chi connectivity index (χ4n) is 2.64. The number of benzene rings is 1. The normalized spacial score (nSPS) is 21.6. The first-order valence-electron chi connectivity index (χ1n) is 7.50. The molecule has 1 aliphatic heterocycles. The second-order valence-electron chi connectivity index (χ2n) is 5.76. The third-order valence-electron chi connectivity index (χ3n) is 4.07. The van der Waals surface area contributed by atoms with Gasteiger partial charge in [-0.3, -0.25) is 0 Å². The largest absolute Gasteiger partial charge is 0.324 e. The van der Waals surface area contributed by atoms with Crippen LogP contribution in [-0.4, -0.2) is 39.5 Å². The van der Waals surface area contributed by atoms with Crippen LogP contribution in [0.4, 0.5) is 0 Å². The molecule has 2 rings (SSSR count). The monoisotopic (exact) mass is 311 g/mol. The number of nitrogens with two attached hydrogens (primary N) is 1. The molecule has 2 atom stereocenters. The van der Waals surface area contributed by atoms with Crippen LogP contribution < -0.4 is 10.5 Å². The highest BCUT2D eigenvalue weighted by atomic mass is 32.2. The van der Waals surface area contributed by atoms with Gasteiger partial charge in [-0.15, -0.1) is 0 Å². The van der Waals surface area contributed by atoms with E-state index in [0.29, 0.717) is 17.4 Å². The number of nitrogens with one attached hydrogen (secondary N) is 1. The minimum Gasteiger partial charge on any atom is -0.324 e. The molecule has 1 saturated heterocycles. The highest BCUT2D eigenvalue weighted by molar-refractivity contribution is 7.89. The third kappa shape index (κ3) is 4.26. The molecule has 1 aliphatic rings. The molecule has 1 aromatic rings. The van der Waals surface area contributed by atoms with Gasteiger partial charge in [0.25, 0.3) is 0 Å². The summed E-state index contributed by atoms with van der Waals surface area (Å²) in [6.45, 7) is 7.53. The maximum atomic E-state index is 12.3. The van der Waals surface area contributed by atoms with Crippen LogP contribution >= 0.6 is 0 Å². The average Bonchev–Trinajstić information content (AvgIpc) is 2.93. The summed E-state index contributed by atoms with van der Waals surface area (Å²) < 4.78 is 27.4. The Bertz CT molecular complexity index is 572. The van der Waals surface area contributed by atoms with Gasteiger partial charge in [-0.25, -0.2) is 13.1 Å². The van der Waals surface area contributed by atoms with Crippen molar-refractivity contribution < 1.29 is 8.42 Å². The van der Waals surface area contributed by atoms with Gasteiger partial charge in [0.05, 0.1) is 4.90 Å². The number of sulfonamides is 1. The molecule has 3 N–H and O–H groups in total. The van der Waals surface area contributed by atoms with Crippen LogP contribution in [0, 0.1) is 5.92 Å². The Morgan fingerprint density at radius 2 is 2.24 bits per heavy atom. The fourth-order valence-corrected chi connectivity index (χ4v) is 3.81. The average molecular weight is 311 g/mol. The Morgan fingerprint density at radius 3 is 2.86 bits per heavy atom. The van der Waals surface area contributed by atoms with Gasteiger partial charge in [0, 0.05) is 19.1 Å². The van der Waals surface area contributed by atoms with E-state index >= 15 is 0 Å². The highest BCUT2D eigenvalue weighted by Crippen LogP contribution is 2.18. The molecule has 0 amide bonds. The smallest absolute Gasteiger partial charge is 0.240 e. The van der Waals surface area contributed by atoms with Gasteiger partial charge in [0.1, 0.15) is 0 Å². The summed E-state index contributed by atoms with van der Waals surface area (Å²) in [6, 6.07) is 6.68. The molecule has 21 heavy (non-hydrogen) atoms. The summed E-state index contributed by atoms with van der Waals surface area (Å²) >= 11 is 0. The molecule has 0 saturated carbocycles. The minimum atomic E-state index is -3.45. The summed E-state index contributed by atoms with van der Waals surface area (Å²) in [5, 5.41) is 0. The molecule has 0 bridgehead atoms. The van der Waals surface area contributed by atoms with E-state index in [2.05, 4.69) is 16.5 Å². The first-order valence-corrected chi connectivity index (χ1v) is 8.98. The van der Waals surface area contributed by atoms with Crippen LogP contribution in [-0.2, 0) is 10.0 Å². The molecule has 118 valence electrons.